The van der Waals surface area contributed by atoms with Crippen LogP contribution in [0.25, 0.3) is 0 Å². The zero-order valence-electron chi connectivity index (χ0n) is 13.5. The first-order chi connectivity index (χ1) is 10.8. The lowest BCUT2D eigenvalue weighted by atomic mass is 9.96. The highest BCUT2D eigenvalue weighted by Gasteiger charge is 2.36. The number of carbonyl (C=O) groups excluding carboxylic acids is 1. The molecule has 2 fully saturated rings. The van der Waals surface area contributed by atoms with E-state index in [0.29, 0.717) is 0 Å². The number of nitrogens with zero attached hydrogens (tertiary/aromatic N) is 2. The fourth-order valence-corrected chi connectivity index (χ4v) is 3.74. The van der Waals surface area contributed by atoms with Crippen molar-refractivity contribution >= 4 is 11.6 Å². The molecule has 0 saturated carbocycles. The quantitative estimate of drug-likeness (QED) is 0.905. The molecular weight excluding hydrogens is 274 g/mol. The standard InChI is InChI=1S/C18H27N3O/c1-2-20(14-15-8-11-19-12-9-15)17-10-13-21(18(17)22)16-6-4-3-5-7-16/h3-7,15,17,19H,2,8-14H2,1H3. The summed E-state index contributed by atoms with van der Waals surface area (Å²) in [5.74, 6) is 1.02. The zero-order chi connectivity index (χ0) is 15.4. The van der Waals surface area contributed by atoms with Crippen LogP contribution in [0.15, 0.2) is 30.3 Å². The van der Waals surface area contributed by atoms with Crippen LogP contribution in [0.5, 0.6) is 0 Å². The number of anilines is 1. The van der Waals surface area contributed by atoms with Gasteiger partial charge in [-0.1, -0.05) is 25.1 Å². The minimum absolute atomic E-state index is 0.0695. The second kappa shape index (κ2) is 7.25. The van der Waals surface area contributed by atoms with E-state index in [1.165, 1.54) is 12.8 Å². The first-order valence-electron chi connectivity index (χ1n) is 8.60. The first kappa shape index (κ1) is 15.5. The molecule has 1 unspecified atom stereocenters. The molecule has 1 N–H and O–H groups in total. The van der Waals surface area contributed by atoms with Gasteiger partial charge in [0.05, 0.1) is 6.04 Å². The number of amides is 1. The van der Waals surface area contributed by atoms with Gasteiger partial charge in [0.1, 0.15) is 0 Å². The number of carbonyl (C=O) groups is 1. The van der Waals surface area contributed by atoms with Crippen molar-refractivity contribution in [2.24, 2.45) is 5.92 Å². The van der Waals surface area contributed by atoms with Gasteiger partial charge in [-0.05, 0) is 56.9 Å². The highest BCUT2D eigenvalue weighted by Crippen LogP contribution is 2.25. The first-order valence-corrected chi connectivity index (χ1v) is 8.60. The topological polar surface area (TPSA) is 35.6 Å². The number of likely N-dealkylation sites (N-methyl/N-ethyl adjacent to an activating group) is 1. The Hall–Kier alpha value is -1.39. The summed E-state index contributed by atoms with van der Waals surface area (Å²) in [5, 5.41) is 3.42. The molecule has 4 nitrogen and oxygen atoms in total. The van der Waals surface area contributed by atoms with E-state index in [4.69, 9.17) is 0 Å². The Morgan fingerprint density at radius 1 is 1.18 bits per heavy atom. The smallest absolute Gasteiger partial charge is 0.244 e. The van der Waals surface area contributed by atoms with Gasteiger partial charge < -0.3 is 10.2 Å². The van der Waals surface area contributed by atoms with Gasteiger partial charge in [0.25, 0.3) is 0 Å². The molecule has 0 aliphatic carbocycles. The Bertz CT molecular complexity index is 484. The zero-order valence-corrected chi connectivity index (χ0v) is 13.5. The number of rotatable bonds is 5. The predicted octanol–water partition coefficient (Wildman–Crippen LogP) is 2.11. The van der Waals surface area contributed by atoms with Crippen LogP contribution in [-0.2, 0) is 4.79 Å². The molecule has 1 aromatic carbocycles. The molecule has 120 valence electrons. The van der Waals surface area contributed by atoms with Gasteiger partial charge in [0, 0.05) is 18.8 Å². The molecule has 1 amide bonds. The molecular formula is C18H27N3O. The fraction of sp³-hybridized carbons (Fsp3) is 0.611. The van der Waals surface area contributed by atoms with Crippen LogP contribution in [0, 0.1) is 5.92 Å². The van der Waals surface area contributed by atoms with E-state index in [1.54, 1.807) is 0 Å². The molecule has 0 spiro atoms. The van der Waals surface area contributed by atoms with Crippen molar-refractivity contribution in [2.75, 3.05) is 37.6 Å². The van der Waals surface area contributed by atoms with E-state index in [9.17, 15) is 4.79 Å². The van der Waals surface area contributed by atoms with E-state index in [-0.39, 0.29) is 11.9 Å². The molecule has 0 bridgehead atoms. The summed E-state index contributed by atoms with van der Waals surface area (Å²) >= 11 is 0. The van der Waals surface area contributed by atoms with E-state index in [0.717, 1.165) is 50.7 Å². The third-order valence-electron chi connectivity index (χ3n) is 5.04. The monoisotopic (exact) mass is 301 g/mol. The molecule has 0 aromatic heterocycles. The summed E-state index contributed by atoms with van der Waals surface area (Å²) < 4.78 is 0. The normalized spacial score (nSPS) is 23.5. The number of hydrogen-bond acceptors (Lipinski definition) is 3. The predicted molar refractivity (Wildman–Crippen MR) is 90.0 cm³/mol. The van der Waals surface area contributed by atoms with Crippen LogP contribution in [0.3, 0.4) is 0 Å². The summed E-state index contributed by atoms with van der Waals surface area (Å²) in [6, 6.07) is 10.1. The van der Waals surface area contributed by atoms with Gasteiger partial charge in [-0.15, -0.1) is 0 Å². The van der Waals surface area contributed by atoms with E-state index >= 15 is 0 Å². The molecule has 22 heavy (non-hydrogen) atoms. The molecule has 2 aliphatic rings. The number of hydrogen-bond donors (Lipinski definition) is 1. The van der Waals surface area contributed by atoms with Gasteiger partial charge in [-0.2, -0.15) is 0 Å². The van der Waals surface area contributed by atoms with Crippen LogP contribution in [0.2, 0.25) is 0 Å². The van der Waals surface area contributed by atoms with Crippen LogP contribution in [0.1, 0.15) is 26.2 Å². The van der Waals surface area contributed by atoms with Gasteiger partial charge in [-0.3, -0.25) is 9.69 Å². The largest absolute Gasteiger partial charge is 0.317 e. The van der Waals surface area contributed by atoms with Crippen molar-refractivity contribution in [1.29, 1.82) is 0 Å². The Kier molecular flexibility index (Phi) is 5.11. The maximum Gasteiger partial charge on any atom is 0.244 e. The number of benzene rings is 1. The second-order valence-corrected chi connectivity index (χ2v) is 6.41. The van der Waals surface area contributed by atoms with E-state index < -0.39 is 0 Å². The van der Waals surface area contributed by atoms with Crippen LogP contribution < -0.4 is 10.2 Å². The molecule has 2 saturated heterocycles. The third kappa shape index (κ3) is 3.33. The van der Waals surface area contributed by atoms with Crippen molar-refractivity contribution in [2.45, 2.75) is 32.2 Å². The maximum atomic E-state index is 12.8. The molecule has 3 rings (SSSR count). The average Bonchev–Trinajstić information content (AvgIpc) is 2.96. The van der Waals surface area contributed by atoms with Crippen molar-refractivity contribution in [1.82, 2.24) is 10.2 Å². The Balaban J connectivity index is 1.64. The van der Waals surface area contributed by atoms with Crippen LogP contribution in [-0.4, -0.2) is 49.6 Å². The fourth-order valence-electron chi connectivity index (χ4n) is 3.74. The van der Waals surface area contributed by atoms with Crippen molar-refractivity contribution in [3.8, 4) is 0 Å². The lowest BCUT2D eigenvalue weighted by Crippen LogP contribution is -2.45. The summed E-state index contributed by atoms with van der Waals surface area (Å²) in [7, 11) is 0. The lowest BCUT2D eigenvalue weighted by Gasteiger charge is -2.32. The lowest BCUT2D eigenvalue weighted by molar-refractivity contribution is -0.121. The molecule has 1 atom stereocenters. The summed E-state index contributed by atoms with van der Waals surface area (Å²) in [5.41, 5.74) is 1.04. The SMILES string of the molecule is CCN(CC1CCNCC1)C1CCN(c2ccccc2)C1=O. The van der Waals surface area contributed by atoms with Gasteiger partial charge in [-0.25, -0.2) is 0 Å². The summed E-state index contributed by atoms with van der Waals surface area (Å²) in [6.45, 7) is 7.30. The minimum Gasteiger partial charge on any atom is -0.317 e. The molecule has 0 radical (unpaired) electrons. The minimum atomic E-state index is 0.0695. The third-order valence-corrected chi connectivity index (χ3v) is 5.04. The van der Waals surface area contributed by atoms with Gasteiger partial charge >= 0.3 is 0 Å². The highest BCUT2D eigenvalue weighted by atomic mass is 16.2. The molecule has 2 heterocycles. The number of para-hydroxylation sites is 1. The molecule has 4 heteroatoms. The van der Waals surface area contributed by atoms with E-state index in [1.807, 2.05) is 35.2 Å². The summed E-state index contributed by atoms with van der Waals surface area (Å²) in [4.78, 5) is 17.2. The Morgan fingerprint density at radius 2 is 1.91 bits per heavy atom. The van der Waals surface area contributed by atoms with Gasteiger partial charge in [0.2, 0.25) is 5.91 Å². The van der Waals surface area contributed by atoms with Crippen molar-refractivity contribution < 1.29 is 4.79 Å². The molecule has 1 aromatic rings. The Labute approximate surface area is 133 Å². The Morgan fingerprint density at radius 3 is 2.59 bits per heavy atom. The second-order valence-electron chi connectivity index (χ2n) is 6.41. The average molecular weight is 301 g/mol. The summed E-state index contributed by atoms with van der Waals surface area (Å²) in [6.07, 6.45) is 3.42. The highest BCUT2D eigenvalue weighted by molar-refractivity contribution is 5.99. The van der Waals surface area contributed by atoms with Gasteiger partial charge in [0.15, 0.2) is 0 Å². The number of nitrogens with one attached hydrogen (secondary N) is 1. The van der Waals surface area contributed by atoms with E-state index in [2.05, 4.69) is 17.1 Å². The number of piperidine rings is 1. The van der Waals surface area contributed by atoms with Crippen molar-refractivity contribution in [3.05, 3.63) is 30.3 Å². The van der Waals surface area contributed by atoms with Crippen molar-refractivity contribution in [3.63, 3.8) is 0 Å². The molecule has 2 aliphatic heterocycles. The van der Waals surface area contributed by atoms with Crippen LogP contribution in [0.4, 0.5) is 5.69 Å². The van der Waals surface area contributed by atoms with Crippen LogP contribution >= 0.6 is 0 Å². The maximum absolute atomic E-state index is 12.8.